The molecule has 0 amide bonds. The fourth-order valence-electron chi connectivity index (χ4n) is 4.45. The van der Waals surface area contributed by atoms with Crippen LogP contribution < -0.4 is 0 Å². The summed E-state index contributed by atoms with van der Waals surface area (Å²) in [4.78, 5) is 12.2. The second-order valence-corrected chi connectivity index (χ2v) is 8.61. The van der Waals surface area contributed by atoms with E-state index in [2.05, 4.69) is 6.92 Å². The Labute approximate surface area is 183 Å². The van der Waals surface area contributed by atoms with Gasteiger partial charge >= 0.3 is 5.97 Å². The third kappa shape index (κ3) is 5.91. The fourth-order valence-corrected chi connectivity index (χ4v) is 4.45. The third-order valence-corrected chi connectivity index (χ3v) is 6.49. The number of carbonyl (C=O) groups is 1. The quantitative estimate of drug-likeness (QED) is 0.455. The van der Waals surface area contributed by atoms with Gasteiger partial charge in [-0.1, -0.05) is 50.1 Å². The highest BCUT2D eigenvalue weighted by atomic mass is 19.2. The first-order chi connectivity index (χ1) is 14.9. The molecule has 0 atom stereocenters. The monoisotopic (exact) mass is 430 g/mol. The van der Waals surface area contributed by atoms with Crippen molar-refractivity contribution >= 4 is 5.97 Å². The molecule has 31 heavy (non-hydrogen) atoms. The number of ether oxygens (including phenoxy) is 1. The van der Waals surface area contributed by atoms with Gasteiger partial charge < -0.3 is 9.84 Å². The Hall–Kier alpha value is -2.27. The van der Waals surface area contributed by atoms with Crippen molar-refractivity contribution in [2.75, 3.05) is 6.61 Å². The lowest BCUT2D eigenvalue weighted by Gasteiger charge is -2.37. The Morgan fingerprint density at radius 3 is 2.26 bits per heavy atom. The maximum absolute atomic E-state index is 13.4. The van der Waals surface area contributed by atoms with Crippen molar-refractivity contribution in [3.63, 3.8) is 0 Å². The van der Waals surface area contributed by atoms with E-state index in [0.717, 1.165) is 61.5 Å². The van der Waals surface area contributed by atoms with Gasteiger partial charge in [0.15, 0.2) is 11.6 Å². The van der Waals surface area contributed by atoms with Gasteiger partial charge in [0.25, 0.3) is 0 Å². The van der Waals surface area contributed by atoms with Gasteiger partial charge in [0.1, 0.15) is 0 Å². The lowest BCUT2D eigenvalue weighted by Crippen LogP contribution is -2.41. The molecule has 0 unspecified atom stereocenters. The Morgan fingerprint density at radius 2 is 1.65 bits per heavy atom. The van der Waals surface area contributed by atoms with Crippen LogP contribution in [-0.4, -0.2) is 23.8 Å². The molecule has 1 saturated carbocycles. The standard InChI is InChI=1S/C26H32F2O3/c1-2-3-4-17-31-22-13-15-26(16-14-22,25(29)30)21-10-7-19(8-11-21)5-6-20-9-12-23(27)24(28)18-20/h7-12,18,22H,2-6,13-17H2,1H3,(H,29,30). The number of rotatable bonds is 10. The summed E-state index contributed by atoms with van der Waals surface area (Å²) in [6.07, 6.45) is 7.48. The molecular formula is C26H32F2O3. The van der Waals surface area contributed by atoms with Gasteiger partial charge in [-0.2, -0.15) is 0 Å². The molecule has 1 aliphatic rings. The molecule has 0 aliphatic heterocycles. The molecule has 0 spiro atoms. The maximum Gasteiger partial charge on any atom is 0.314 e. The lowest BCUT2D eigenvalue weighted by molar-refractivity contribution is -0.146. The van der Waals surface area contributed by atoms with Crippen molar-refractivity contribution in [1.29, 1.82) is 0 Å². The van der Waals surface area contributed by atoms with Gasteiger partial charge in [0.2, 0.25) is 0 Å². The first-order valence-electron chi connectivity index (χ1n) is 11.3. The molecule has 0 radical (unpaired) electrons. The normalized spacial score (nSPS) is 21.2. The third-order valence-electron chi connectivity index (χ3n) is 6.49. The van der Waals surface area contributed by atoms with Crippen LogP contribution in [0.2, 0.25) is 0 Å². The van der Waals surface area contributed by atoms with Crippen LogP contribution in [0, 0.1) is 11.6 Å². The van der Waals surface area contributed by atoms with Crippen LogP contribution in [-0.2, 0) is 27.8 Å². The molecule has 3 rings (SSSR count). The Morgan fingerprint density at radius 1 is 1.00 bits per heavy atom. The molecule has 1 fully saturated rings. The molecule has 2 aromatic rings. The van der Waals surface area contributed by atoms with E-state index in [1.165, 1.54) is 6.07 Å². The summed E-state index contributed by atoms with van der Waals surface area (Å²) < 4.78 is 32.4. The highest BCUT2D eigenvalue weighted by Crippen LogP contribution is 2.41. The molecule has 0 aromatic heterocycles. The maximum atomic E-state index is 13.4. The van der Waals surface area contributed by atoms with Crippen LogP contribution in [0.4, 0.5) is 8.78 Å². The lowest BCUT2D eigenvalue weighted by atomic mass is 9.68. The second-order valence-electron chi connectivity index (χ2n) is 8.61. The predicted molar refractivity (Wildman–Crippen MR) is 117 cm³/mol. The molecule has 2 aromatic carbocycles. The van der Waals surface area contributed by atoms with Crippen molar-refractivity contribution < 1.29 is 23.4 Å². The summed E-state index contributed by atoms with van der Waals surface area (Å²) in [7, 11) is 0. The molecule has 5 heteroatoms. The zero-order chi connectivity index (χ0) is 22.3. The zero-order valence-corrected chi connectivity index (χ0v) is 18.2. The van der Waals surface area contributed by atoms with Crippen LogP contribution in [0.15, 0.2) is 42.5 Å². The zero-order valence-electron chi connectivity index (χ0n) is 18.2. The van der Waals surface area contributed by atoms with E-state index in [1.807, 2.05) is 24.3 Å². The van der Waals surface area contributed by atoms with Crippen molar-refractivity contribution in [1.82, 2.24) is 0 Å². The van der Waals surface area contributed by atoms with E-state index >= 15 is 0 Å². The summed E-state index contributed by atoms with van der Waals surface area (Å²) in [5.74, 6) is -2.44. The summed E-state index contributed by atoms with van der Waals surface area (Å²) in [5, 5.41) is 10.0. The number of hydrogen-bond acceptors (Lipinski definition) is 2. The number of carboxylic acids is 1. The van der Waals surface area contributed by atoms with Gasteiger partial charge in [-0.05, 0) is 73.8 Å². The number of carboxylic acid groups (broad SMARTS) is 1. The molecule has 0 saturated heterocycles. The first-order valence-corrected chi connectivity index (χ1v) is 11.3. The minimum absolute atomic E-state index is 0.153. The Balaban J connectivity index is 1.59. The summed E-state index contributed by atoms with van der Waals surface area (Å²) in [6, 6.07) is 11.7. The smallest absolute Gasteiger partial charge is 0.314 e. The molecule has 0 bridgehead atoms. The fraction of sp³-hybridized carbons (Fsp3) is 0.500. The first kappa shape index (κ1) is 23.4. The van der Waals surface area contributed by atoms with Crippen LogP contribution in [0.1, 0.15) is 68.6 Å². The predicted octanol–water partition coefficient (Wildman–Crippen LogP) is 6.22. The molecule has 1 aliphatic carbocycles. The Kier molecular flexibility index (Phi) is 8.19. The van der Waals surface area contributed by atoms with Gasteiger partial charge in [-0.3, -0.25) is 4.79 Å². The topological polar surface area (TPSA) is 46.5 Å². The van der Waals surface area contributed by atoms with Crippen molar-refractivity contribution in [2.24, 2.45) is 0 Å². The number of halogens is 2. The molecule has 1 N–H and O–H groups in total. The van der Waals surface area contributed by atoms with Gasteiger partial charge in [-0.25, -0.2) is 8.78 Å². The number of aryl methyl sites for hydroxylation is 2. The van der Waals surface area contributed by atoms with Crippen LogP contribution in [0.3, 0.4) is 0 Å². The van der Waals surface area contributed by atoms with Crippen molar-refractivity contribution in [3.8, 4) is 0 Å². The second kappa shape index (κ2) is 10.9. The molecular weight excluding hydrogens is 398 g/mol. The van der Waals surface area contributed by atoms with E-state index in [4.69, 9.17) is 4.74 Å². The highest BCUT2D eigenvalue weighted by molar-refractivity contribution is 5.81. The van der Waals surface area contributed by atoms with E-state index in [0.29, 0.717) is 25.7 Å². The van der Waals surface area contributed by atoms with Crippen LogP contribution >= 0.6 is 0 Å². The van der Waals surface area contributed by atoms with Gasteiger partial charge in [0.05, 0.1) is 11.5 Å². The van der Waals surface area contributed by atoms with E-state index in [-0.39, 0.29) is 6.10 Å². The summed E-state index contributed by atoms with van der Waals surface area (Å²) in [5.41, 5.74) is 1.76. The number of aliphatic carboxylic acids is 1. The summed E-state index contributed by atoms with van der Waals surface area (Å²) in [6.45, 7) is 2.92. The minimum atomic E-state index is -0.859. The van der Waals surface area contributed by atoms with Crippen molar-refractivity contribution in [3.05, 3.63) is 70.8 Å². The molecule has 168 valence electrons. The van der Waals surface area contributed by atoms with E-state index in [1.54, 1.807) is 6.07 Å². The number of unbranched alkanes of at least 4 members (excludes halogenated alkanes) is 2. The highest BCUT2D eigenvalue weighted by Gasteiger charge is 2.43. The molecule has 3 nitrogen and oxygen atoms in total. The largest absolute Gasteiger partial charge is 0.481 e. The van der Waals surface area contributed by atoms with Crippen molar-refractivity contribution in [2.45, 2.75) is 76.2 Å². The van der Waals surface area contributed by atoms with E-state index in [9.17, 15) is 18.7 Å². The average molecular weight is 431 g/mol. The van der Waals surface area contributed by atoms with E-state index < -0.39 is 23.0 Å². The van der Waals surface area contributed by atoms with Crippen LogP contribution in [0.25, 0.3) is 0 Å². The minimum Gasteiger partial charge on any atom is -0.481 e. The summed E-state index contributed by atoms with van der Waals surface area (Å²) >= 11 is 0. The average Bonchev–Trinajstić information content (AvgIpc) is 2.78. The van der Waals surface area contributed by atoms with Gasteiger partial charge in [-0.15, -0.1) is 0 Å². The number of benzene rings is 2. The van der Waals surface area contributed by atoms with Crippen LogP contribution in [0.5, 0.6) is 0 Å². The molecule has 0 heterocycles. The van der Waals surface area contributed by atoms with Gasteiger partial charge in [0, 0.05) is 6.61 Å². The number of hydrogen-bond donors (Lipinski definition) is 1. The Bertz CT molecular complexity index is 855. The SMILES string of the molecule is CCCCCOC1CCC(C(=O)O)(c2ccc(CCc3ccc(F)c(F)c3)cc2)CC1.